The smallest absolute Gasteiger partial charge is 0.287 e. The Hall–Kier alpha value is -4.59. The molecule has 2 amide bonds. The lowest BCUT2D eigenvalue weighted by Gasteiger charge is -2.09. The molecule has 4 rings (SSSR count). The Labute approximate surface area is 183 Å². The number of amides is 2. The van der Waals surface area contributed by atoms with E-state index < -0.39 is 11.8 Å². The molecular weight excluding hydrogens is 410 g/mol. The van der Waals surface area contributed by atoms with Gasteiger partial charge in [-0.3, -0.25) is 9.59 Å². The highest BCUT2D eigenvalue weighted by molar-refractivity contribution is 6.05. The van der Waals surface area contributed by atoms with Crippen molar-refractivity contribution < 1.29 is 24.2 Å². The van der Waals surface area contributed by atoms with Gasteiger partial charge in [-0.1, -0.05) is 36.4 Å². The number of benzene rings is 3. The van der Waals surface area contributed by atoms with Crippen LogP contribution in [0.4, 0.5) is 0 Å². The third-order valence-electron chi connectivity index (χ3n) is 4.49. The van der Waals surface area contributed by atoms with Crippen LogP contribution in [-0.2, 0) is 4.79 Å². The van der Waals surface area contributed by atoms with Crippen LogP contribution in [0.25, 0.3) is 6.08 Å². The molecule has 1 aliphatic heterocycles. The van der Waals surface area contributed by atoms with Gasteiger partial charge >= 0.3 is 0 Å². The molecule has 32 heavy (non-hydrogen) atoms. The van der Waals surface area contributed by atoms with Crippen LogP contribution in [0.1, 0.15) is 21.5 Å². The number of hydrazone groups is 1. The van der Waals surface area contributed by atoms with Crippen LogP contribution < -0.4 is 20.2 Å². The van der Waals surface area contributed by atoms with Crippen LogP contribution in [0, 0.1) is 0 Å². The third-order valence-corrected chi connectivity index (χ3v) is 4.49. The zero-order valence-electron chi connectivity index (χ0n) is 16.8. The lowest BCUT2D eigenvalue weighted by Crippen LogP contribution is -2.32. The summed E-state index contributed by atoms with van der Waals surface area (Å²) in [6, 6.07) is 20.1. The van der Waals surface area contributed by atoms with Gasteiger partial charge < -0.3 is 19.9 Å². The predicted octanol–water partition coefficient (Wildman–Crippen LogP) is 3.04. The number of aromatic hydroxyl groups is 1. The van der Waals surface area contributed by atoms with Gasteiger partial charge in [0.25, 0.3) is 11.8 Å². The molecule has 0 fully saturated rings. The van der Waals surface area contributed by atoms with Crippen LogP contribution in [0.5, 0.6) is 17.2 Å². The van der Waals surface area contributed by atoms with E-state index in [-0.39, 0.29) is 18.2 Å². The van der Waals surface area contributed by atoms with Crippen LogP contribution in [0.3, 0.4) is 0 Å². The van der Waals surface area contributed by atoms with E-state index in [1.54, 1.807) is 60.7 Å². The number of fused-ring (bicyclic) bond motifs is 1. The average Bonchev–Trinajstić information content (AvgIpc) is 3.27. The normalized spacial score (nSPS) is 12.6. The Morgan fingerprint density at radius 3 is 2.53 bits per heavy atom. The predicted molar refractivity (Wildman–Crippen MR) is 118 cm³/mol. The van der Waals surface area contributed by atoms with E-state index in [0.29, 0.717) is 28.2 Å². The highest BCUT2D eigenvalue weighted by Gasteiger charge is 2.16. The first-order chi connectivity index (χ1) is 15.6. The Morgan fingerprint density at radius 1 is 0.906 bits per heavy atom. The molecule has 160 valence electrons. The van der Waals surface area contributed by atoms with Crippen molar-refractivity contribution in [2.24, 2.45) is 5.10 Å². The molecule has 0 atom stereocenters. The summed E-state index contributed by atoms with van der Waals surface area (Å²) in [5, 5.41) is 16.1. The van der Waals surface area contributed by atoms with E-state index in [0.717, 1.165) is 0 Å². The first-order valence-corrected chi connectivity index (χ1v) is 9.69. The fraction of sp³-hybridized carbons (Fsp3) is 0.0417. The zero-order chi connectivity index (χ0) is 22.3. The number of hydrogen-bond acceptors (Lipinski definition) is 6. The summed E-state index contributed by atoms with van der Waals surface area (Å²) in [4.78, 5) is 25.4. The van der Waals surface area contributed by atoms with Gasteiger partial charge in [-0.2, -0.15) is 5.10 Å². The maximum atomic E-state index is 12.8. The molecule has 8 nitrogen and oxygen atoms in total. The molecular formula is C24H19N3O5. The van der Waals surface area contributed by atoms with Gasteiger partial charge in [0.05, 0.1) is 6.21 Å². The van der Waals surface area contributed by atoms with E-state index >= 15 is 0 Å². The number of ether oxygens (including phenoxy) is 2. The highest BCUT2D eigenvalue weighted by atomic mass is 16.7. The van der Waals surface area contributed by atoms with Crippen LogP contribution in [-0.4, -0.2) is 29.9 Å². The summed E-state index contributed by atoms with van der Waals surface area (Å²) in [5.74, 6) is 0.179. The number of nitrogens with zero attached hydrogens (tertiary/aromatic N) is 1. The van der Waals surface area contributed by atoms with Crippen molar-refractivity contribution in [3.05, 3.63) is 95.2 Å². The van der Waals surface area contributed by atoms with Crippen LogP contribution in [0.15, 0.2) is 83.6 Å². The molecule has 0 spiro atoms. The van der Waals surface area contributed by atoms with Gasteiger partial charge in [0, 0.05) is 5.56 Å². The van der Waals surface area contributed by atoms with Crippen molar-refractivity contribution in [1.29, 1.82) is 0 Å². The van der Waals surface area contributed by atoms with Crippen molar-refractivity contribution in [2.45, 2.75) is 0 Å². The summed E-state index contributed by atoms with van der Waals surface area (Å²) in [6.07, 6.45) is 2.90. The first-order valence-electron chi connectivity index (χ1n) is 9.69. The molecule has 1 heterocycles. The molecule has 8 heteroatoms. The maximum absolute atomic E-state index is 12.8. The minimum absolute atomic E-state index is 0.00854. The van der Waals surface area contributed by atoms with E-state index in [1.165, 1.54) is 24.4 Å². The van der Waals surface area contributed by atoms with Crippen molar-refractivity contribution in [1.82, 2.24) is 10.7 Å². The topological polar surface area (TPSA) is 109 Å². The van der Waals surface area contributed by atoms with E-state index in [4.69, 9.17) is 9.47 Å². The summed E-state index contributed by atoms with van der Waals surface area (Å²) in [7, 11) is 0. The number of carbonyl (C=O) groups excluding carboxylic acids is 2. The minimum Gasteiger partial charge on any atom is -0.508 e. The Morgan fingerprint density at radius 2 is 1.72 bits per heavy atom. The Kier molecular flexibility index (Phi) is 6.12. The summed E-state index contributed by atoms with van der Waals surface area (Å²) in [5.41, 5.74) is 4.01. The molecule has 0 saturated carbocycles. The summed E-state index contributed by atoms with van der Waals surface area (Å²) >= 11 is 0. The van der Waals surface area contributed by atoms with E-state index in [1.807, 2.05) is 0 Å². The summed E-state index contributed by atoms with van der Waals surface area (Å²) in [6.45, 7) is 0.129. The molecule has 0 bridgehead atoms. The molecule has 0 aliphatic carbocycles. The van der Waals surface area contributed by atoms with Gasteiger partial charge in [0.2, 0.25) is 6.79 Å². The second kappa shape index (κ2) is 9.48. The number of carbonyl (C=O) groups is 2. The fourth-order valence-electron chi connectivity index (χ4n) is 2.94. The number of phenolic OH excluding ortho intramolecular Hbond substituents is 1. The van der Waals surface area contributed by atoms with Crippen molar-refractivity contribution >= 4 is 24.1 Å². The summed E-state index contributed by atoms with van der Waals surface area (Å²) < 4.78 is 10.7. The van der Waals surface area contributed by atoms with E-state index in [2.05, 4.69) is 15.8 Å². The van der Waals surface area contributed by atoms with E-state index in [9.17, 15) is 14.7 Å². The maximum Gasteiger partial charge on any atom is 0.287 e. The molecule has 3 aromatic carbocycles. The van der Waals surface area contributed by atoms with Crippen molar-refractivity contribution in [2.75, 3.05) is 6.79 Å². The molecule has 3 N–H and O–H groups in total. The van der Waals surface area contributed by atoms with Gasteiger partial charge in [-0.05, 0) is 53.6 Å². The van der Waals surface area contributed by atoms with Gasteiger partial charge in [0.15, 0.2) is 11.5 Å². The number of phenols is 1. The number of rotatable bonds is 6. The lowest BCUT2D eigenvalue weighted by atomic mass is 10.1. The van der Waals surface area contributed by atoms with Gasteiger partial charge in [-0.25, -0.2) is 5.43 Å². The van der Waals surface area contributed by atoms with Crippen LogP contribution >= 0.6 is 0 Å². The molecule has 1 aliphatic rings. The number of nitrogens with one attached hydrogen (secondary N) is 2. The van der Waals surface area contributed by atoms with Crippen LogP contribution in [0.2, 0.25) is 0 Å². The highest BCUT2D eigenvalue weighted by Crippen LogP contribution is 2.33. The molecule has 0 radical (unpaired) electrons. The molecule has 0 saturated heterocycles. The number of hydrogen-bond donors (Lipinski definition) is 3. The first kappa shape index (κ1) is 20.7. The Balaban J connectivity index is 1.56. The second-order valence-electron chi connectivity index (χ2n) is 6.78. The molecule has 3 aromatic rings. The molecule has 0 aromatic heterocycles. The second-order valence-corrected chi connectivity index (χ2v) is 6.78. The quantitative estimate of drug-likeness (QED) is 0.317. The SMILES string of the molecule is O=C(N/N=C\c1cccc(O)c1)/C(=C\c1ccc2c(c1)OCO2)NC(=O)c1ccccc1. The minimum atomic E-state index is -0.622. The average molecular weight is 429 g/mol. The van der Waals surface area contributed by atoms with Gasteiger partial charge in [-0.15, -0.1) is 0 Å². The fourth-order valence-corrected chi connectivity index (χ4v) is 2.94. The third kappa shape index (κ3) is 5.11. The van der Waals surface area contributed by atoms with Crippen molar-refractivity contribution in [3.63, 3.8) is 0 Å². The standard InChI is InChI=1S/C24H19N3O5/c28-19-8-4-5-17(11-19)14-25-27-24(30)20(26-23(29)18-6-2-1-3-7-18)12-16-9-10-21-22(13-16)32-15-31-21/h1-14,28H,15H2,(H,26,29)(H,27,30)/b20-12+,25-14-. The Bertz CT molecular complexity index is 1210. The largest absolute Gasteiger partial charge is 0.508 e. The monoisotopic (exact) mass is 429 g/mol. The van der Waals surface area contributed by atoms with Crippen molar-refractivity contribution in [3.8, 4) is 17.2 Å². The lowest BCUT2D eigenvalue weighted by molar-refractivity contribution is -0.117. The zero-order valence-corrected chi connectivity index (χ0v) is 16.8. The van der Waals surface area contributed by atoms with Gasteiger partial charge in [0.1, 0.15) is 11.4 Å². The molecule has 0 unspecified atom stereocenters.